The van der Waals surface area contributed by atoms with Gasteiger partial charge >= 0.3 is 0 Å². The molecule has 0 aliphatic carbocycles. The van der Waals surface area contributed by atoms with Crippen molar-refractivity contribution in [1.29, 1.82) is 0 Å². The van der Waals surface area contributed by atoms with Crippen LogP contribution in [0, 0.1) is 9.39 Å². The summed E-state index contributed by atoms with van der Waals surface area (Å²) in [4.78, 5) is 18.0. The minimum Gasteiger partial charge on any atom is -0.488 e. The Morgan fingerprint density at radius 2 is 1.91 bits per heavy atom. The first-order chi connectivity index (χ1) is 16.1. The Balaban J connectivity index is 1.65. The van der Waals surface area contributed by atoms with Crippen LogP contribution >= 0.6 is 38.5 Å². The topological polar surface area (TPSA) is 56.5 Å². The van der Waals surface area contributed by atoms with E-state index < -0.39 is 5.41 Å². The van der Waals surface area contributed by atoms with Crippen molar-refractivity contribution in [3.63, 3.8) is 0 Å². The predicted octanol–water partition coefficient (Wildman–Crippen LogP) is 6.66. The maximum atomic E-state index is 13.9. The van der Waals surface area contributed by atoms with Gasteiger partial charge in [0.05, 0.1) is 20.7 Å². The summed E-state index contributed by atoms with van der Waals surface area (Å²) in [7, 11) is 0. The lowest BCUT2D eigenvalue weighted by molar-refractivity contribution is 0.297. The fraction of sp³-hybridized carbons (Fsp3) is 0.192. The molecule has 4 rings (SSSR count). The lowest BCUT2D eigenvalue weighted by atomic mass is 9.95. The molecule has 174 valence electrons. The molecule has 0 bridgehead atoms. The molecular formula is C26H22BrFIN3O2. The summed E-state index contributed by atoms with van der Waals surface area (Å²) >= 11 is 5.59. The van der Waals surface area contributed by atoms with E-state index in [-0.39, 0.29) is 18.0 Å². The lowest BCUT2D eigenvalue weighted by Gasteiger charge is -2.20. The smallest absolute Gasteiger partial charge is 0.282 e. The molecular weight excluding hydrogens is 612 g/mol. The van der Waals surface area contributed by atoms with Gasteiger partial charge in [-0.3, -0.25) is 4.79 Å². The van der Waals surface area contributed by atoms with Crippen molar-refractivity contribution in [2.45, 2.75) is 32.8 Å². The Morgan fingerprint density at radius 3 is 2.62 bits per heavy atom. The third-order valence-electron chi connectivity index (χ3n) is 5.10. The lowest BCUT2D eigenvalue weighted by Crippen LogP contribution is -2.29. The molecule has 0 aliphatic heterocycles. The third kappa shape index (κ3) is 5.38. The average molecular weight is 634 g/mol. The molecule has 0 unspecified atom stereocenters. The monoisotopic (exact) mass is 633 g/mol. The Hall–Kier alpha value is -2.59. The SMILES string of the molecule is CC(C)(C)c1nc2ccc(Br)cc2c(=O)n1N=Cc1ccc(OCc2ccccc2F)c(I)c1. The van der Waals surface area contributed by atoms with E-state index in [1.165, 1.54) is 10.7 Å². The number of halogens is 3. The Morgan fingerprint density at radius 1 is 1.15 bits per heavy atom. The summed E-state index contributed by atoms with van der Waals surface area (Å²) in [6.45, 7) is 6.13. The first-order valence-electron chi connectivity index (χ1n) is 10.6. The molecule has 34 heavy (non-hydrogen) atoms. The van der Waals surface area contributed by atoms with Gasteiger partial charge in [-0.25, -0.2) is 9.37 Å². The van der Waals surface area contributed by atoms with Crippen LogP contribution < -0.4 is 10.3 Å². The van der Waals surface area contributed by atoms with E-state index in [1.807, 2.05) is 51.1 Å². The van der Waals surface area contributed by atoms with E-state index in [4.69, 9.17) is 9.72 Å². The van der Waals surface area contributed by atoms with Crippen molar-refractivity contribution in [3.8, 4) is 5.75 Å². The van der Waals surface area contributed by atoms with Crippen LogP contribution in [0.4, 0.5) is 4.39 Å². The van der Waals surface area contributed by atoms with Gasteiger partial charge in [0.15, 0.2) is 0 Å². The second kappa shape index (κ2) is 9.95. The molecule has 8 heteroatoms. The van der Waals surface area contributed by atoms with Crippen LogP contribution in [0.1, 0.15) is 37.7 Å². The molecule has 0 radical (unpaired) electrons. The first kappa shape index (κ1) is 24.5. The Bertz CT molecular complexity index is 1460. The third-order valence-corrected chi connectivity index (χ3v) is 6.43. The summed E-state index contributed by atoms with van der Waals surface area (Å²) in [5.41, 5.74) is 1.30. The Labute approximate surface area is 219 Å². The maximum absolute atomic E-state index is 13.9. The molecule has 0 saturated heterocycles. The van der Waals surface area contributed by atoms with E-state index in [2.05, 4.69) is 43.6 Å². The normalized spacial score (nSPS) is 11.9. The fourth-order valence-electron chi connectivity index (χ4n) is 3.35. The molecule has 0 aliphatic rings. The number of benzene rings is 3. The highest BCUT2D eigenvalue weighted by molar-refractivity contribution is 14.1. The summed E-state index contributed by atoms with van der Waals surface area (Å²) < 4.78 is 22.7. The minimum absolute atomic E-state index is 0.138. The summed E-state index contributed by atoms with van der Waals surface area (Å²) in [5, 5.41) is 5.00. The van der Waals surface area contributed by atoms with Crippen molar-refractivity contribution < 1.29 is 9.13 Å². The maximum Gasteiger partial charge on any atom is 0.282 e. The zero-order valence-corrected chi connectivity index (χ0v) is 22.6. The second-order valence-electron chi connectivity index (χ2n) is 8.78. The van der Waals surface area contributed by atoms with Crippen molar-refractivity contribution in [2.24, 2.45) is 5.10 Å². The van der Waals surface area contributed by atoms with Crippen LogP contribution in [0.25, 0.3) is 10.9 Å². The number of aromatic nitrogens is 2. The number of nitrogens with zero attached hydrogens (tertiary/aromatic N) is 3. The molecule has 4 aromatic rings. The van der Waals surface area contributed by atoms with Gasteiger partial charge in [0, 0.05) is 15.5 Å². The van der Waals surface area contributed by atoms with Gasteiger partial charge in [0.1, 0.15) is 24.0 Å². The van der Waals surface area contributed by atoms with Gasteiger partial charge in [-0.1, -0.05) is 54.9 Å². The quantitative estimate of drug-likeness (QED) is 0.182. The summed E-state index contributed by atoms with van der Waals surface area (Å²) in [5.74, 6) is 0.922. The largest absolute Gasteiger partial charge is 0.488 e. The minimum atomic E-state index is -0.392. The van der Waals surface area contributed by atoms with E-state index in [9.17, 15) is 9.18 Å². The van der Waals surface area contributed by atoms with Gasteiger partial charge in [0.25, 0.3) is 5.56 Å². The van der Waals surface area contributed by atoms with E-state index in [1.54, 1.807) is 30.5 Å². The molecule has 0 atom stereocenters. The number of fused-ring (bicyclic) bond motifs is 1. The van der Waals surface area contributed by atoms with Crippen LogP contribution in [0.5, 0.6) is 5.75 Å². The van der Waals surface area contributed by atoms with E-state index in [0.29, 0.717) is 28.0 Å². The molecule has 1 heterocycles. The van der Waals surface area contributed by atoms with Crippen LogP contribution in [0.15, 0.2) is 75.0 Å². The van der Waals surface area contributed by atoms with Crippen molar-refractivity contribution >= 4 is 55.6 Å². The zero-order chi connectivity index (χ0) is 24.5. The van der Waals surface area contributed by atoms with E-state index in [0.717, 1.165) is 13.6 Å². The number of ether oxygens (including phenoxy) is 1. The molecule has 5 nitrogen and oxygen atoms in total. The highest BCUT2D eigenvalue weighted by Gasteiger charge is 2.23. The van der Waals surface area contributed by atoms with Gasteiger partial charge in [0.2, 0.25) is 0 Å². The number of hydrogen-bond donors (Lipinski definition) is 0. The molecule has 0 spiro atoms. The van der Waals surface area contributed by atoms with Crippen LogP contribution in [0.3, 0.4) is 0 Å². The first-order valence-corrected chi connectivity index (χ1v) is 12.4. The van der Waals surface area contributed by atoms with Crippen LogP contribution in [-0.2, 0) is 12.0 Å². The van der Waals surface area contributed by atoms with Crippen LogP contribution in [-0.4, -0.2) is 15.9 Å². The molecule has 0 amide bonds. The van der Waals surface area contributed by atoms with Crippen molar-refractivity contribution in [3.05, 3.63) is 102 Å². The van der Waals surface area contributed by atoms with Crippen LogP contribution in [0.2, 0.25) is 0 Å². The molecule has 1 aromatic heterocycles. The molecule has 3 aromatic carbocycles. The van der Waals surface area contributed by atoms with Gasteiger partial charge < -0.3 is 4.74 Å². The standard InChI is InChI=1S/C26H22BrFIN3O2/c1-26(2,3)25-31-22-10-9-18(27)13-19(22)24(33)32(25)30-14-16-8-11-23(21(29)12-16)34-15-17-6-4-5-7-20(17)28/h4-14H,15H2,1-3H3. The number of hydrogen-bond acceptors (Lipinski definition) is 4. The highest BCUT2D eigenvalue weighted by Crippen LogP contribution is 2.25. The van der Waals surface area contributed by atoms with Gasteiger partial charge in [-0.2, -0.15) is 9.78 Å². The zero-order valence-electron chi connectivity index (χ0n) is 18.8. The highest BCUT2D eigenvalue weighted by atomic mass is 127. The van der Waals surface area contributed by atoms with E-state index >= 15 is 0 Å². The van der Waals surface area contributed by atoms with Gasteiger partial charge in [-0.15, -0.1) is 0 Å². The summed E-state index contributed by atoms with van der Waals surface area (Å²) in [6.07, 6.45) is 1.63. The van der Waals surface area contributed by atoms with Crippen molar-refractivity contribution in [1.82, 2.24) is 9.66 Å². The fourth-order valence-corrected chi connectivity index (χ4v) is 4.41. The van der Waals surface area contributed by atoms with Crippen molar-refractivity contribution in [2.75, 3.05) is 0 Å². The molecule has 0 saturated carbocycles. The predicted molar refractivity (Wildman–Crippen MR) is 145 cm³/mol. The molecule has 0 fully saturated rings. The van der Waals surface area contributed by atoms with Gasteiger partial charge in [-0.05, 0) is 70.6 Å². The average Bonchev–Trinajstić information content (AvgIpc) is 2.78. The second-order valence-corrected chi connectivity index (χ2v) is 10.9. The number of rotatable bonds is 5. The molecule has 0 N–H and O–H groups in total. The summed E-state index contributed by atoms with van der Waals surface area (Å²) in [6, 6.07) is 17.5. The Kier molecular flexibility index (Phi) is 7.18.